The molecule has 4 nitrogen and oxygen atoms in total. The van der Waals surface area contributed by atoms with Gasteiger partial charge in [0.1, 0.15) is 7.11 Å². The maximum atomic E-state index is 13.0. The SMILES string of the molecule is CO/N=C(/c1ccc2cc(C(F)(F)F)ccc2c1)C1CCCN(C2CCC(O)CC2)C1. The monoisotopic (exact) mass is 434 g/mol. The molecule has 0 amide bonds. The first-order chi connectivity index (χ1) is 14.8. The molecule has 2 aliphatic rings. The van der Waals surface area contributed by atoms with Crippen molar-refractivity contribution in [1.82, 2.24) is 4.90 Å². The van der Waals surface area contributed by atoms with Crippen molar-refractivity contribution < 1.29 is 23.1 Å². The number of oxime groups is 1. The zero-order chi connectivity index (χ0) is 22.0. The summed E-state index contributed by atoms with van der Waals surface area (Å²) in [6.07, 6.45) is 1.29. The Balaban J connectivity index is 1.56. The van der Waals surface area contributed by atoms with E-state index >= 15 is 0 Å². The summed E-state index contributed by atoms with van der Waals surface area (Å²) >= 11 is 0. The Kier molecular flexibility index (Phi) is 6.53. The molecule has 0 spiro atoms. The largest absolute Gasteiger partial charge is 0.416 e. The van der Waals surface area contributed by atoms with Crippen molar-refractivity contribution in [1.29, 1.82) is 0 Å². The lowest BCUT2D eigenvalue weighted by atomic mass is 9.85. The minimum Gasteiger partial charge on any atom is -0.399 e. The zero-order valence-electron chi connectivity index (χ0n) is 17.7. The van der Waals surface area contributed by atoms with Crippen LogP contribution in [0.25, 0.3) is 10.8 Å². The molecule has 1 atom stereocenters. The smallest absolute Gasteiger partial charge is 0.399 e. The molecule has 1 saturated carbocycles. The van der Waals surface area contributed by atoms with Crippen LogP contribution in [-0.4, -0.2) is 48.1 Å². The average Bonchev–Trinajstić information content (AvgIpc) is 2.77. The molecule has 0 radical (unpaired) electrons. The summed E-state index contributed by atoms with van der Waals surface area (Å²) in [5.41, 5.74) is 1.10. The zero-order valence-corrected chi connectivity index (χ0v) is 17.7. The van der Waals surface area contributed by atoms with E-state index in [0.29, 0.717) is 11.4 Å². The molecule has 0 aromatic heterocycles. The molecule has 2 aromatic carbocycles. The van der Waals surface area contributed by atoms with Crippen LogP contribution in [0, 0.1) is 5.92 Å². The third-order valence-corrected chi connectivity index (χ3v) is 6.68. The second kappa shape index (κ2) is 9.17. The summed E-state index contributed by atoms with van der Waals surface area (Å²) in [4.78, 5) is 7.69. The topological polar surface area (TPSA) is 45.1 Å². The first kappa shape index (κ1) is 22.1. The van der Waals surface area contributed by atoms with Crippen LogP contribution in [0.3, 0.4) is 0 Å². The van der Waals surface area contributed by atoms with Crippen LogP contribution in [0.5, 0.6) is 0 Å². The van der Waals surface area contributed by atoms with E-state index in [2.05, 4.69) is 10.1 Å². The summed E-state index contributed by atoms with van der Waals surface area (Å²) in [5, 5.41) is 15.5. The molecule has 1 heterocycles. The lowest BCUT2D eigenvalue weighted by molar-refractivity contribution is -0.137. The number of alkyl halides is 3. The summed E-state index contributed by atoms with van der Waals surface area (Å²) in [6.45, 7) is 1.93. The highest BCUT2D eigenvalue weighted by atomic mass is 19.4. The molecule has 1 aliphatic carbocycles. The van der Waals surface area contributed by atoms with Gasteiger partial charge in [0, 0.05) is 24.1 Å². The fourth-order valence-electron chi connectivity index (χ4n) is 5.03. The van der Waals surface area contributed by atoms with Crippen molar-refractivity contribution >= 4 is 16.5 Å². The third kappa shape index (κ3) is 5.04. The average molecular weight is 435 g/mol. The number of fused-ring (bicyclic) bond motifs is 1. The Hall–Kier alpha value is -2.12. The number of nitrogens with zero attached hydrogens (tertiary/aromatic N) is 2. The molecule has 7 heteroatoms. The Morgan fingerprint density at radius 2 is 1.74 bits per heavy atom. The van der Waals surface area contributed by atoms with Crippen molar-refractivity contribution in [2.45, 2.75) is 56.8 Å². The molecule has 2 aromatic rings. The first-order valence-electron chi connectivity index (χ1n) is 11.0. The van der Waals surface area contributed by atoms with Crippen LogP contribution in [0.15, 0.2) is 41.6 Å². The fourth-order valence-corrected chi connectivity index (χ4v) is 5.03. The van der Waals surface area contributed by atoms with Crippen molar-refractivity contribution in [3.63, 3.8) is 0 Å². The quantitative estimate of drug-likeness (QED) is 0.530. The summed E-state index contributed by atoms with van der Waals surface area (Å²) in [6, 6.07) is 9.80. The number of aliphatic hydroxyl groups excluding tert-OH is 1. The highest BCUT2D eigenvalue weighted by molar-refractivity contribution is 6.04. The molecular formula is C24H29F3N2O2. The Morgan fingerprint density at radius 1 is 1.03 bits per heavy atom. The number of halogens is 3. The Bertz CT molecular complexity index is 936. The highest BCUT2D eigenvalue weighted by Gasteiger charge is 2.32. The minimum absolute atomic E-state index is 0.169. The van der Waals surface area contributed by atoms with Crippen LogP contribution >= 0.6 is 0 Å². The summed E-state index contributed by atoms with van der Waals surface area (Å²) < 4.78 is 39.1. The maximum Gasteiger partial charge on any atom is 0.416 e. The predicted octanol–water partition coefficient (Wildman–Crippen LogP) is 5.22. The minimum atomic E-state index is -4.35. The van der Waals surface area contributed by atoms with Crippen molar-refractivity contribution in [3.8, 4) is 0 Å². The Labute approximate surface area is 180 Å². The molecule has 0 bridgehead atoms. The molecule has 31 heavy (non-hydrogen) atoms. The van der Waals surface area contributed by atoms with E-state index in [-0.39, 0.29) is 12.0 Å². The van der Waals surface area contributed by atoms with Crippen molar-refractivity contribution in [3.05, 3.63) is 47.5 Å². The number of benzene rings is 2. The highest BCUT2D eigenvalue weighted by Crippen LogP contribution is 2.33. The van der Waals surface area contributed by atoms with Crippen molar-refractivity contribution in [2.75, 3.05) is 20.2 Å². The van der Waals surface area contributed by atoms with Gasteiger partial charge in [0.05, 0.1) is 17.4 Å². The van der Waals surface area contributed by atoms with Gasteiger partial charge in [-0.3, -0.25) is 4.90 Å². The summed E-state index contributed by atoms with van der Waals surface area (Å²) in [7, 11) is 1.53. The fraction of sp³-hybridized carbons (Fsp3) is 0.542. The van der Waals surface area contributed by atoms with Gasteiger partial charge in [-0.2, -0.15) is 13.2 Å². The maximum absolute atomic E-state index is 13.0. The second-order valence-electron chi connectivity index (χ2n) is 8.73. The van der Waals surface area contributed by atoms with E-state index in [1.165, 1.54) is 19.2 Å². The summed E-state index contributed by atoms with van der Waals surface area (Å²) in [5.74, 6) is 0.201. The van der Waals surface area contributed by atoms with Gasteiger partial charge < -0.3 is 9.94 Å². The molecule has 4 rings (SSSR count). The van der Waals surface area contributed by atoms with E-state index in [1.54, 1.807) is 6.07 Å². The van der Waals surface area contributed by atoms with Gasteiger partial charge in [-0.05, 0) is 74.0 Å². The molecule has 1 unspecified atom stereocenters. The Morgan fingerprint density at radius 3 is 2.45 bits per heavy atom. The molecule has 1 N–H and O–H groups in total. The van der Waals surface area contributed by atoms with Gasteiger partial charge in [0.15, 0.2) is 0 Å². The number of likely N-dealkylation sites (tertiary alicyclic amines) is 1. The van der Waals surface area contributed by atoms with E-state index in [9.17, 15) is 18.3 Å². The van der Waals surface area contributed by atoms with E-state index < -0.39 is 11.7 Å². The van der Waals surface area contributed by atoms with Gasteiger partial charge in [0.2, 0.25) is 0 Å². The second-order valence-corrected chi connectivity index (χ2v) is 8.73. The van der Waals surface area contributed by atoms with Crippen LogP contribution in [0.4, 0.5) is 13.2 Å². The molecule has 1 saturated heterocycles. The number of hydrogen-bond donors (Lipinski definition) is 1. The van der Waals surface area contributed by atoms with Gasteiger partial charge in [-0.1, -0.05) is 23.4 Å². The molecule has 168 valence electrons. The lowest BCUT2D eigenvalue weighted by Crippen LogP contribution is -2.46. The lowest BCUT2D eigenvalue weighted by Gasteiger charge is -2.41. The standard InChI is InChI=1S/C24H29F3N2O2/c1-31-28-23(19-3-2-12-29(15-19)21-8-10-22(30)11-9-21)18-5-4-17-14-20(24(25,26)27)7-6-16(17)13-18/h4-7,13-14,19,21-22,30H,2-3,8-12,15H2,1H3/b28-23-. The number of aliphatic hydroxyl groups is 1. The van der Waals surface area contributed by atoms with E-state index in [1.807, 2.05) is 12.1 Å². The van der Waals surface area contributed by atoms with Crippen LogP contribution in [-0.2, 0) is 11.0 Å². The van der Waals surface area contributed by atoms with Crippen molar-refractivity contribution in [2.24, 2.45) is 11.1 Å². The van der Waals surface area contributed by atoms with Crippen LogP contribution in [0.2, 0.25) is 0 Å². The van der Waals surface area contributed by atoms with Gasteiger partial charge >= 0.3 is 6.18 Å². The number of rotatable bonds is 4. The van der Waals surface area contributed by atoms with E-state index in [0.717, 1.165) is 74.3 Å². The molecular weight excluding hydrogens is 405 g/mol. The van der Waals surface area contributed by atoms with Gasteiger partial charge in [0.25, 0.3) is 0 Å². The van der Waals surface area contributed by atoms with Crippen LogP contribution < -0.4 is 0 Å². The third-order valence-electron chi connectivity index (χ3n) is 6.68. The first-order valence-corrected chi connectivity index (χ1v) is 11.0. The predicted molar refractivity (Wildman–Crippen MR) is 115 cm³/mol. The molecule has 1 aliphatic heterocycles. The van der Waals surface area contributed by atoms with Gasteiger partial charge in [-0.15, -0.1) is 0 Å². The van der Waals surface area contributed by atoms with Crippen LogP contribution in [0.1, 0.15) is 49.7 Å². The van der Waals surface area contributed by atoms with Gasteiger partial charge in [-0.25, -0.2) is 0 Å². The number of piperidine rings is 1. The van der Waals surface area contributed by atoms with E-state index in [4.69, 9.17) is 4.84 Å². The molecule has 2 fully saturated rings. The number of hydrogen-bond acceptors (Lipinski definition) is 4. The normalized spacial score (nSPS) is 26.2.